The van der Waals surface area contributed by atoms with Crippen molar-refractivity contribution >= 4 is 17.3 Å². The molecule has 2 heterocycles. The molecule has 1 fully saturated rings. The van der Waals surface area contributed by atoms with E-state index in [-0.39, 0.29) is 18.0 Å². The molecule has 0 saturated carbocycles. The molecule has 1 N–H and O–H groups in total. The van der Waals surface area contributed by atoms with Crippen molar-refractivity contribution in [2.24, 2.45) is 0 Å². The summed E-state index contributed by atoms with van der Waals surface area (Å²) in [5.41, 5.74) is 2.20. The van der Waals surface area contributed by atoms with Crippen molar-refractivity contribution in [1.29, 1.82) is 0 Å². The first-order valence-electron chi connectivity index (χ1n) is 7.87. The monoisotopic (exact) mass is 328 g/mol. The molecule has 7 heteroatoms. The van der Waals surface area contributed by atoms with Crippen LogP contribution in [0.25, 0.3) is 0 Å². The normalized spacial score (nSPS) is 14.5. The summed E-state index contributed by atoms with van der Waals surface area (Å²) in [6.07, 6.45) is 1.39. The third-order valence-corrected chi connectivity index (χ3v) is 3.86. The largest absolute Gasteiger partial charge is 0.378 e. The van der Waals surface area contributed by atoms with Crippen LogP contribution in [0.2, 0.25) is 0 Å². The Kier molecular flexibility index (Phi) is 4.90. The molecule has 0 unspecified atom stereocenters. The van der Waals surface area contributed by atoms with Crippen LogP contribution in [0.15, 0.2) is 41.5 Å². The van der Waals surface area contributed by atoms with Gasteiger partial charge in [-0.25, -0.2) is 4.98 Å². The standard InChI is InChI=1S/C17H20N4O3/c1-13-10-17(23)21(12-18-13)11-16(22)19-14-2-4-15(5-3-14)20-6-8-24-9-7-20/h2-5,10,12H,6-9,11H2,1H3,(H,19,22). The fourth-order valence-corrected chi connectivity index (χ4v) is 2.57. The summed E-state index contributed by atoms with van der Waals surface area (Å²) in [4.78, 5) is 30.1. The molecule has 2 aromatic rings. The van der Waals surface area contributed by atoms with E-state index < -0.39 is 0 Å². The van der Waals surface area contributed by atoms with Crippen LogP contribution >= 0.6 is 0 Å². The maximum absolute atomic E-state index is 12.1. The first-order valence-corrected chi connectivity index (χ1v) is 7.87. The highest BCUT2D eigenvalue weighted by molar-refractivity contribution is 5.90. The van der Waals surface area contributed by atoms with Crippen molar-refractivity contribution < 1.29 is 9.53 Å². The molecule has 7 nitrogen and oxygen atoms in total. The lowest BCUT2D eigenvalue weighted by atomic mass is 10.2. The number of carbonyl (C=O) groups is 1. The Morgan fingerprint density at radius 2 is 1.96 bits per heavy atom. The molecule has 0 atom stereocenters. The lowest BCUT2D eigenvalue weighted by Crippen LogP contribution is -2.36. The van der Waals surface area contributed by atoms with Gasteiger partial charge in [-0.15, -0.1) is 0 Å². The van der Waals surface area contributed by atoms with Gasteiger partial charge in [0.1, 0.15) is 6.54 Å². The van der Waals surface area contributed by atoms with Crippen LogP contribution in [0.4, 0.5) is 11.4 Å². The SMILES string of the molecule is Cc1cc(=O)n(CC(=O)Nc2ccc(N3CCOCC3)cc2)cn1. The van der Waals surface area contributed by atoms with E-state index in [4.69, 9.17) is 4.74 Å². The van der Waals surface area contributed by atoms with Gasteiger partial charge in [0.05, 0.1) is 19.5 Å². The second-order valence-electron chi connectivity index (χ2n) is 5.69. The van der Waals surface area contributed by atoms with Gasteiger partial charge in [-0.1, -0.05) is 0 Å². The van der Waals surface area contributed by atoms with E-state index in [2.05, 4.69) is 15.2 Å². The van der Waals surface area contributed by atoms with Crippen molar-refractivity contribution in [1.82, 2.24) is 9.55 Å². The van der Waals surface area contributed by atoms with E-state index in [1.54, 1.807) is 6.92 Å². The molecule has 1 aromatic heterocycles. The Morgan fingerprint density at radius 3 is 2.62 bits per heavy atom. The number of hydrogen-bond acceptors (Lipinski definition) is 5. The van der Waals surface area contributed by atoms with E-state index in [0.29, 0.717) is 11.4 Å². The van der Waals surface area contributed by atoms with Crippen molar-refractivity contribution in [3.63, 3.8) is 0 Å². The second-order valence-corrected chi connectivity index (χ2v) is 5.69. The lowest BCUT2D eigenvalue weighted by molar-refractivity contribution is -0.116. The topological polar surface area (TPSA) is 76.5 Å². The highest BCUT2D eigenvalue weighted by Gasteiger charge is 2.11. The fraction of sp³-hybridized carbons (Fsp3) is 0.353. The number of nitrogens with zero attached hydrogens (tertiary/aromatic N) is 3. The van der Waals surface area contributed by atoms with Crippen LogP contribution in [0, 0.1) is 6.92 Å². The molecular formula is C17H20N4O3. The van der Waals surface area contributed by atoms with E-state index in [0.717, 1.165) is 32.0 Å². The van der Waals surface area contributed by atoms with Crippen LogP contribution in [-0.2, 0) is 16.1 Å². The molecule has 1 aromatic carbocycles. The number of amides is 1. The average molecular weight is 328 g/mol. The highest BCUT2D eigenvalue weighted by Crippen LogP contribution is 2.18. The second kappa shape index (κ2) is 7.27. The van der Waals surface area contributed by atoms with E-state index in [9.17, 15) is 9.59 Å². The van der Waals surface area contributed by atoms with Crippen molar-refractivity contribution in [2.75, 3.05) is 36.5 Å². The van der Waals surface area contributed by atoms with Crippen molar-refractivity contribution in [2.45, 2.75) is 13.5 Å². The van der Waals surface area contributed by atoms with E-state index >= 15 is 0 Å². The van der Waals surface area contributed by atoms with Gasteiger partial charge < -0.3 is 15.0 Å². The van der Waals surface area contributed by atoms with Crippen LogP contribution in [0.1, 0.15) is 5.69 Å². The van der Waals surface area contributed by atoms with Gasteiger partial charge in [0.25, 0.3) is 5.56 Å². The summed E-state index contributed by atoms with van der Waals surface area (Å²) in [5, 5.41) is 2.79. The molecule has 1 saturated heterocycles. The summed E-state index contributed by atoms with van der Waals surface area (Å²) in [6, 6.07) is 9.07. The summed E-state index contributed by atoms with van der Waals surface area (Å²) in [6.45, 7) is 4.89. The van der Waals surface area contributed by atoms with Gasteiger partial charge in [0.2, 0.25) is 5.91 Å². The smallest absolute Gasteiger partial charge is 0.253 e. The van der Waals surface area contributed by atoms with E-state index in [1.807, 2.05) is 24.3 Å². The first kappa shape index (κ1) is 16.2. The van der Waals surface area contributed by atoms with Crippen LogP contribution in [0.3, 0.4) is 0 Å². The molecular weight excluding hydrogens is 308 g/mol. The fourth-order valence-electron chi connectivity index (χ4n) is 2.57. The Bertz CT molecular complexity index is 764. The predicted molar refractivity (Wildman–Crippen MR) is 91.3 cm³/mol. The maximum atomic E-state index is 12.1. The number of ether oxygens (including phenoxy) is 1. The Morgan fingerprint density at radius 1 is 1.25 bits per heavy atom. The van der Waals surface area contributed by atoms with Gasteiger partial charge in [-0.2, -0.15) is 0 Å². The number of benzene rings is 1. The molecule has 0 aliphatic carbocycles. The number of nitrogens with one attached hydrogen (secondary N) is 1. The number of morpholine rings is 1. The summed E-state index contributed by atoms with van der Waals surface area (Å²) in [7, 11) is 0. The quantitative estimate of drug-likeness (QED) is 0.907. The van der Waals surface area contributed by atoms with Gasteiger partial charge in [0, 0.05) is 36.2 Å². The summed E-state index contributed by atoms with van der Waals surface area (Å²) < 4.78 is 6.62. The highest BCUT2D eigenvalue weighted by atomic mass is 16.5. The molecule has 0 bridgehead atoms. The molecule has 1 aliphatic heterocycles. The van der Waals surface area contributed by atoms with Gasteiger partial charge in [-0.05, 0) is 31.2 Å². The summed E-state index contributed by atoms with van der Waals surface area (Å²) in [5.74, 6) is -0.262. The number of aryl methyl sites for hydroxylation is 1. The molecule has 1 amide bonds. The minimum atomic E-state index is -0.262. The number of anilines is 2. The lowest BCUT2D eigenvalue weighted by Gasteiger charge is -2.28. The maximum Gasteiger partial charge on any atom is 0.253 e. The Hall–Kier alpha value is -2.67. The number of carbonyl (C=O) groups excluding carboxylic acids is 1. The zero-order valence-electron chi connectivity index (χ0n) is 13.6. The van der Waals surface area contributed by atoms with Gasteiger partial charge >= 0.3 is 0 Å². The molecule has 126 valence electrons. The zero-order chi connectivity index (χ0) is 16.9. The third-order valence-electron chi connectivity index (χ3n) is 3.86. The van der Waals surface area contributed by atoms with Crippen LogP contribution in [0.5, 0.6) is 0 Å². The zero-order valence-corrected chi connectivity index (χ0v) is 13.6. The van der Waals surface area contributed by atoms with Gasteiger partial charge in [0.15, 0.2) is 0 Å². The first-order chi connectivity index (χ1) is 11.6. The minimum absolute atomic E-state index is 0.0582. The van der Waals surface area contributed by atoms with Crippen molar-refractivity contribution in [3.8, 4) is 0 Å². The number of rotatable bonds is 4. The predicted octanol–water partition coefficient (Wildman–Crippen LogP) is 1.03. The molecule has 24 heavy (non-hydrogen) atoms. The molecule has 1 aliphatic rings. The minimum Gasteiger partial charge on any atom is -0.378 e. The number of aromatic nitrogens is 2. The molecule has 0 spiro atoms. The summed E-state index contributed by atoms with van der Waals surface area (Å²) >= 11 is 0. The molecule has 0 radical (unpaired) electrons. The van der Waals surface area contributed by atoms with Crippen molar-refractivity contribution in [3.05, 3.63) is 52.7 Å². The molecule has 3 rings (SSSR count). The Labute approximate surface area is 139 Å². The van der Waals surface area contributed by atoms with Crippen LogP contribution in [-0.4, -0.2) is 41.8 Å². The Balaban J connectivity index is 1.61. The van der Waals surface area contributed by atoms with Gasteiger partial charge in [-0.3, -0.25) is 14.2 Å². The van der Waals surface area contributed by atoms with Crippen LogP contribution < -0.4 is 15.8 Å². The average Bonchev–Trinajstić information content (AvgIpc) is 2.59. The third kappa shape index (κ3) is 3.99. The van der Waals surface area contributed by atoms with E-state index in [1.165, 1.54) is 17.0 Å². The number of hydrogen-bond donors (Lipinski definition) is 1.